The summed E-state index contributed by atoms with van der Waals surface area (Å²) in [7, 11) is 0. The molecule has 60 valence electrons. The molecule has 3 saturated carbocycles. The Balaban J connectivity index is 2.00. The number of hydrogen-bond acceptors (Lipinski definition) is 0. The van der Waals surface area contributed by atoms with Crippen molar-refractivity contribution in [3.05, 3.63) is 12.2 Å². The zero-order valence-corrected chi connectivity index (χ0v) is 7.32. The summed E-state index contributed by atoms with van der Waals surface area (Å²) < 4.78 is 0. The van der Waals surface area contributed by atoms with Gasteiger partial charge in [0.05, 0.1) is 0 Å². The molecule has 0 amide bonds. The molecule has 0 aromatic rings. The molecule has 0 aromatic heterocycles. The highest BCUT2D eigenvalue weighted by atomic mass is 14.7. The molecule has 11 heavy (non-hydrogen) atoms. The summed E-state index contributed by atoms with van der Waals surface area (Å²) in [6.07, 6.45) is 7.40. The maximum atomic E-state index is 4.29. The summed E-state index contributed by atoms with van der Waals surface area (Å²) in [5.74, 6) is 0.852. The molecule has 0 radical (unpaired) electrons. The van der Waals surface area contributed by atoms with E-state index in [-0.39, 0.29) is 0 Å². The van der Waals surface area contributed by atoms with Crippen LogP contribution in [-0.4, -0.2) is 0 Å². The van der Waals surface area contributed by atoms with Gasteiger partial charge in [0.25, 0.3) is 0 Å². The first-order valence-corrected chi connectivity index (χ1v) is 4.88. The molecule has 3 fully saturated rings. The Morgan fingerprint density at radius 1 is 1.27 bits per heavy atom. The van der Waals surface area contributed by atoms with Crippen molar-refractivity contribution in [3.63, 3.8) is 0 Å². The van der Waals surface area contributed by atoms with Gasteiger partial charge in [0.1, 0.15) is 0 Å². The van der Waals surface area contributed by atoms with Crippen molar-refractivity contribution in [1.82, 2.24) is 0 Å². The van der Waals surface area contributed by atoms with Crippen LogP contribution in [0.5, 0.6) is 0 Å². The van der Waals surface area contributed by atoms with Gasteiger partial charge in [0, 0.05) is 0 Å². The molecule has 0 nitrogen and oxygen atoms in total. The minimum atomic E-state index is 0.677. The van der Waals surface area contributed by atoms with Crippen LogP contribution in [0.2, 0.25) is 0 Å². The van der Waals surface area contributed by atoms with Crippen molar-refractivity contribution in [2.45, 2.75) is 39.0 Å². The summed E-state index contributed by atoms with van der Waals surface area (Å²) >= 11 is 0. The zero-order chi connectivity index (χ0) is 7.69. The molecule has 2 spiro atoms. The quantitative estimate of drug-likeness (QED) is 0.463. The van der Waals surface area contributed by atoms with E-state index in [4.69, 9.17) is 0 Å². The van der Waals surface area contributed by atoms with Crippen LogP contribution in [-0.2, 0) is 0 Å². The summed E-state index contributed by atoms with van der Waals surface area (Å²) in [5.41, 5.74) is 3.05. The van der Waals surface area contributed by atoms with Gasteiger partial charge in [-0.2, -0.15) is 0 Å². The van der Waals surface area contributed by atoms with E-state index in [1.54, 1.807) is 5.57 Å². The Bertz CT molecular complexity index is 228. The summed E-state index contributed by atoms with van der Waals surface area (Å²) in [6, 6.07) is 0. The molecular weight excluding hydrogens is 132 g/mol. The summed E-state index contributed by atoms with van der Waals surface area (Å²) in [5, 5.41) is 0. The normalized spacial score (nSPS) is 41.9. The lowest BCUT2D eigenvalue weighted by molar-refractivity contribution is 0.406. The van der Waals surface area contributed by atoms with Gasteiger partial charge < -0.3 is 0 Å². The molecule has 0 unspecified atom stereocenters. The fourth-order valence-electron chi connectivity index (χ4n) is 3.19. The molecule has 0 saturated heterocycles. The van der Waals surface area contributed by atoms with Gasteiger partial charge in [-0.15, -0.1) is 0 Å². The molecule has 0 heterocycles. The molecule has 0 aliphatic heterocycles. The number of hydrogen-bond donors (Lipinski definition) is 0. The van der Waals surface area contributed by atoms with Crippen LogP contribution < -0.4 is 0 Å². The van der Waals surface area contributed by atoms with Crippen LogP contribution in [0.25, 0.3) is 0 Å². The van der Waals surface area contributed by atoms with Gasteiger partial charge in [0.15, 0.2) is 0 Å². The zero-order valence-electron chi connectivity index (χ0n) is 7.32. The van der Waals surface area contributed by atoms with Crippen LogP contribution in [0, 0.1) is 16.7 Å². The second-order valence-corrected chi connectivity index (χ2v) is 5.07. The largest absolute Gasteiger partial charge is 0.0990 e. The molecule has 0 N–H and O–H groups in total. The highest BCUT2D eigenvalue weighted by Gasteiger charge is 2.64. The van der Waals surface area contributed by atoms with Gasteiger partial charge in [0.2, 0.25) is 0 Å². The van der Waals surface area contributed by atoms with Crippen molar-refractivity contribution < 1.29 is 0 Å². The van der Waals surface area contributed by atoms with Crippen molar-refractivity contribution in [2.75, 3.05) is 0 Å². The van der Waals surface area contributed by atoms with E-state index < -0.39 is 0 Å². The summed E-state index contributed by atoms with van der Waals surface area (Å²) in [4.78, 5) is 0. The van der Waals surface area contributed by atoms with Gasteiger partial charge in [-0.3, -0.25) is 0 Å². The lowest BCUT2D eigenvalue weighted by Gasteiger charge is -2.11. The molecule has 3 rings (SSSR count). The number of allylic oxidation sites excluding steroid dienone is 1. The van der Waals surface area contributed by atoms with Crippen molar-refractivity contribution in [2.24, 2.45) is 16.7 Å². The van der Waals surface area contributed by atoms with Crippen LogP contribution in [0.1, 0.15) is 39.0 Å². The fourth-order valence-corrected chi connectivity index (χ4v) is 3.19. The average molecular weight is 148 g/mol. The van der Waals surface area contributed by atoms with E-state index in [0.29, 0.717) is 5.41 Å². The van der Waals surface area contributed by atoms with E-state index in [0.717, 1.165) is 11.3 Å². The smallest absolute Gasteiger partial charge is 0.00818 e. The van der Waals surface area contributed by atoms with E-state index >= 15 is 0 Å². The van der Waals surface area contributed by atoms with Crippen LogP contribution >= 0.6 is 0 Å². The average Bonchev–Trinajstić information content (AvgIpc) is 2.84. The van der Waals surface area contributed by atoms with Gasteiger partial charge in [-0.05, 0) is 48.9 Å². The Hall–Kier alpha value is -0.260. The lowest BCUT2D eigenvalue weighted by Crippen LogP contribution is -2.03. The first-order valence-electron chi connectivity index (χ1n) is 4.88. The lowest BCUT2D eigenvalue weighted by atomic mass is 9.93. The van der Waals surface area contributed by atoms with E-state index in [9.17, 15) is 0 Å². The Kier molecular flexibility index (Phi) is 0.821. The maximum absolute atomic E-state index is 4.29. The van der Waals surface area contributed by atoms with Gasteiger partial charge in [-0.25, -0.2) is 0 Å². The second kappa shape index (κ2) is 1.44. The van der Waals surface area contributed by atoms with Crippen molar-refractivity contribution >= 4 is 0 Å². The second-order valence-electron chi connectivity index (χ2n) is 5.07. The third-order valence-corrected chi connectivity index (χ3v) is 4.56. The Morgan fingerprint density at radius 3 is 2.18 bits per heavy atom. The molecule has 3 aliphatic carbocycles. The predicted octanol–water partition coefficient (Wildman–Crippen LogP) is 3.14. The highest BCUT2D eigenvalue weighted by Crippen LogP contribution is 2.75. The minimum Gasteiger partial charge on any atom is -0.0990 e. The van der Waals surface area contributed by atoms with Crippen LogP contribution in [0.4, 0.5) is 0 Å². The van der Waals surface area contributed by atoms with Crippen molar-refractivity contribution in [3.8, 4) is 0 Å². The predicted molar refractivity (Wildman–Crippen MR) is 46.3 cm³/mol. The maximum Gasteiger partial charge on any atom is -0.00818 e. The third kappa shape index (κ3) is 0.579. The van der Waals surface area contributed by atoms with E-state index in [2.05, 4.69) is 13.5 Å². The third-order valence-electron chi connectivity index (χ3n) is 4.56. The summed E-state index contributed by atoms with van der Waals surface area (Å²) in [6.45, 7) is 6.69. The molecule has 0 heteroatoms. The molecule has 1 atom stereocenters. The van der Waals surface area contributed by atoms with Crippen LogP contribution in [0.15, 0.2) is 12.2 Å². The highest BCUT2D eigenvalue weighted by molar-refractivity contribution is 5.33. The van der Waals surface area contributed by atoms with Gasteiger partial charge >= 0.3 is 0 Å². The first kappa shape index (κ1) is 6.28. The Morgan fingerprint density at radius 2 is 1.91 bits per heavy atom. The molecular formula is C11H16. The standard InChI is InChI=1S/C11H16/c1-8-9(2)11(5-6-11)7-10(8)3-4-10/h9H,1,3-7H2,2H3/t9-/m0/s1. The van der Waals surface area contributed by atoms with E-state index in [1.165, 1.54) is 32.1 Å². The number of rotatable bonds is 0. The molecule has 0 bridgehead atoms. The molecule has 3 aliphatic rings. The minimum absolute atomic E-state index is 0.677. The fraction of sp³-hybridized carbons (Fsp3) is 0.818. The SMILES string of the molecule is C=C1[C@H](C)C2(CC2)CC12CC2. The Labute approximate surface area is 68.7 Å². The van der Waals surface area contributed by atoms with E-state index in [1.807, 2.05) is 0 Å². The molecule has 0 aromatic carbocycles. The monoisotopic (exact) mass is 148 g/mol. The first-order chi connectivity index (χ1) is 5.19. The van der Waals surface area contributed by atoms with Crippen molar-refractivity contribution in [1.29, 1.82) is 0 Å². The topological polar surface area (TPSA) is 0 Å². The van der Waals surface area contributed by atoms with Crippen LogP contribution in [0.3, 0.4) is 0 Å². The van der Waals surface area contributed by atoms with Gasteiger partial charge in [-0.1, -0.05) is 19.1 Å².